The van der Waals surface area contributed by atoms with Crippen LogP contribution in [0.3, 0.4) is 0 Å². The largest absolute Gasteiger partial charge is 0.515 e. The molecule has 0 bridgehead atoms. The fourth-order valence-electron chi connectivity index (χ4n) is 1.09. The Bertz CT molecular complexity index is 477. The second-order valence-corrected chi connectivity index (χ2v) is 2.77. The van der Waals surface area contributed by atoms with E-state index in [1.54, 1.807) is 19.4 Å². The Labute approximate surface area is 85.1 Å². The number of aromatic nitrogens is 6. The predicted octanol–water partition coefficient (Wildman–Crippen LogP) is -0.0527. The van der Waals surface area contributed by atoms with Gasteiger partial charge < -0.3 is 5.11 Å². The first-order chi connectivity index (χ1) is 7.31. The molecule has 15 heavy (non-hydrogen) atoms. The van der Waals surface area contributed by atoms with Gasteiger partial charge in [-0.05, 0) is 5.21 Å². The summed E-state index contributed by atoms with van der Waals surface area (Å²) in [4.78, 5) is 8.99. The van der Waals surface area contributed by atoms with Crippen LogP contribution in [0.15, 0.2) is 25.0 Å². The van der Waals surface area contributed by atoms with Gasteiger partial charge in [-0.2, -0.15) is 4.80 Å². The van der Waals surface area contributed by atoms with Crippen LogP contribution in [0.4, 0.5) is 0 Å². The number of rotatable bonds is 2. The highest BCUT2D eigenvalue weighted by Crippen LogP contribution is 2.16. The molecule has 0 saturated carbocycles. The maximum atomic E-state index is 9.11. The lowest BCUT2D eigenvalue weighted by Crippen LogP contribution is -1.95. The van der Waals surface area contributed by atoms with Crippen molar-refractivity contribution in [2.24, 2.45) is 7.05 Å². The summed E-state index contributed by atoms with van der Waals surface area (Å²) < 4.78 is 0. The van der Waals surface area contributed by atoms with Crippen LogP contribution < -0.4 is 0 Å². The van der Waals surface area contributed by atoms with Crippen LogP contribution in [0.2, 0.25) is 0 Å². The first-order valence-electron chi connectivity index (χ1n) is 4.15. The van der Waals surface area contributed by atoms with Gasteiger partial charge in [-0.25, -0.2) is 9.97 Å². The first kappa shape index (κ1) is 9.25. The van der Waals surface area contributed by atoms with Crippen molar-refractivity contribution in [1.29, 1.82) is 0 Å². The predicted molar refractivity (Wildman–Crippen MR) is 50.5 cm³/mol. The lowest BCUT2D eigenvalue weighted by molar-refractivity contribution is 0.475. The van der Waals surface area contributed by atoms with Crippen molar-refractivity contribution in [2.75, 3.05) is 0 Å². The van der Waals surface area contributed by atoms with Crippen molar-refractivity contribution in [1.82, 2.24) is 30.2 Å². The number of aliphatic hydroxyl groups excluding tert-OH is 1. The van der Waals surface area contributed by atoms with Gasteiger partial charge in [0.25, 0.3) is 0 Å². The van der Waals surface area contributed by atoms with Gasteiger partial charge in [-0.3, -0.25) is 0 Å². The molecule has 2 aromatic heterocycles. The van der Waals surface area contributed by atoms with Gasteiger partial charge in [0.2, 0.25) is 5.82 Å². The van der Waals surface area contributed by atoms with Crippen LogP contribution in [-0.2, 0) is 7.05 Å². The maximum absolute atomic E-state index is 9.11. The molecule has 2 aromatic rings. The average molecular weight is 204 g/mol. The summed E-state index contributed by atoms with van der Waals surface area (Å²) in [6, 6.07) is 0. The molecular formula is C8H8N6O. The summed E-state index contributed by atoms with van der Waals surface area (Å²) in [5.41, 5.74) is 1.07. The summed E-state index contributed by atoms with van der Waals surface area (Å²) in [7, 11) is 1.65. The summed E-state index contributed by atoms with van der Waals surface area (Å²) in [6.07, 6.45) is 5.44. The van der Waals surface area contributed by atoms with E-state index in [0.717, 1.165) is 6.26 Å². The number of nitrogens with zero attached hydrogens (tertiary/aromatic N) is 6. The summed E-state index contributed by atoms with van der Waals surface area (Å²) in [6.45, 7) is 0. The fraction of sp³-hybridized carbons (Fsp3) is 0.125. The molecule has 1 N–H and O–H groups in total. The van der Waals surface area contributed by atoms with E-state index >= 15 is 0 Å². The molecule has 0 aliphatic carbocycles. The molecule has 0 aliphatic rings. The van der Waals surface area contributed by atoms with Crippen LogP contribution in [-0.4, -0.2) is 35.3 Å². The van der Waals surface area contributed by atoms with Crippen LogP contribution in [0.25, 0.3) is 5.57 Å². The second-order valence-electron chi connectivity index (χ2n) is 2.77. The minimum Gasteiger partial charge on any atom is -0.515 e. The van der Waals surface area contributed by atoms with Gasteiger partial charge in [-0.15, -0.1) is 10.2 Å². The molecule has 0 amide bonds. The van der Waals surface area contributed by atoms with E-state index in [2.05, 4.69) is 25.4 Å². The Kier molecular flexibility index (Phi) is 2.36. The maximum Gasteiger partial charge on any atom is 0.208 e. The highest BCUT2D eigenvalue weighted by atomic mass is 16.2. The van der Waals surface area contributed by atoms with Crippen LogP contribution >= 0.6 is 0 Å². The van der Waals surface area contributed by atoms with E-state index in [4.69, 9.17) is 5.11 Å². The number of hydrogen-bond acceptors (Lipinski definition) is 6. The van der Waals surface area contributed by atoms with E-state index < -0.39 is 0 Å². The molecule has 2 heterocycles. The van der Waals surface area contributed by atoms with Crippen molar-refractivity contribution in [3.05, 3.63) is 36.4 Å². The smallest absolute Gasteiger partial charge is 0.208 e. The van der Waals surface area contributed by atoms with Crippen LogP contribution in [0, 0.1) is 0 Å². The molecular weight excluding hydrogens is 196 g/mol. The van der Waals surface area contributed by atoms with Crippen molar-refractivity contribution >= 4 is 5.57 Å². The zero-order chi connectivity index (χ0) is 10.7. The molecule has 0 saturated heterocycles. The van der Waals surface area contributed by atoms with E-state index in [1.165, 1.54) is 11.1 Å². The SMILES string of the molecule is Cn1nnc(/C(=C\O)c2cncnc2)n1. The molecule has 0 aliphatic heterocycles. The summed E-state index contributed by atoms with van der Waals surface area (Å²) in [5, 5.41) is 20.5. The van der Waals surface area contributed by atoms with Crippen LogP contribution in [0.5, 0.6) is 0 Å². The average Bonchev–Trinajstić information content (AvgIpc) is 2.68. The Hall–Kier alpha value is -2.31. The van der Waals surface area contributed by atoms with Crippen molar-refractivity contribution in [3.8, 4) is 0 Å². The summed E-state index contributed by atoms with van der Waals surface area (Å²) in [5.74, 6) is 0.329. The zero-order valence-corrected chi connectivity index (χ0v) is 7.94. The minimum atomic E-state index is 0.329. The molecule has 0 radical (unpaired) electrons. The van der Waals surface area contributed by atoms with Gasteiger partial charge in [0.15, 0.2) is 0 Å². The molecule has 7 nitrogen and oxygen atoms in total. The number of aliphatic hydroxyl groups is 1. The summed E-state index contributed by atoms with van der Waals surface area (Å²) >= 11 is 0. The van der Waals surface area contributed by atoms with E-state index in [9.17, 15) is 0 Å². The number of tetrazole rings is 1. The standard InChI is InChI=1S/C8H8N6O/c1-14-12-8(11-13-14)7(4-15)6-2-9-5-10-3-6/h2-5,15H,1H3/b7-4-. The lowest BCUT2D eigenvalue weighted by atomic mass is 10.1. The van der Waals surface area contributed by atoms with E-state index in [0.29, 0.717) is 17.0 Å². The van der Waals surface area contributed by atoms with Crippen molar-refractivity contribution in [2.45, 2.75) is 0 Å². The Morgan fingerprint density at radius 3 is 2.67 bits per heavy atom. The van der Waals surface area contributed by atoms with Gasteiger partial charge in [0, 0.05) is 18.0 Å². The Morgan fingerprint density at radius 1 is 1.40 bits per heavy atom. The Morgan fingerprint density at radius 2 is 2.13 bits per heavy atom. The number of hydrogen-bond donors (Lipinski definition) is 1. The molecule has 0 aromatic carbocycles. The van der Waals surface area contributed by atoms with Crippen LogP contribution in [0.1, 0.15) is 11.4 Å². The fourth-order valence-corrected chi connectivity index (χ4v) is 1.09. The third-order valence-corrected chi connectivity index (χ3v) is 1.75. The normalized spacial score (nSPS) is 11.7. The lowest BCUT2D eigenvalue weighted by Gasteiger charge is -1.98. The zero-order valence-electron chi connectivity index (χ0n) is 7.94. The third kappa shape index (κ3) is 1.80. The molecule has 0 atom stereocenters. The molecule has 7 heteroatoms. The molecule has 2 rings (SSSR count). The van der Waals surface area contributed by atoms with Gasteiger partial charge >= 0.3 is 0 Å². The van der Waals surface area contributed by atoms with E-state index in [-0.39, 0.29) is 0 Å². The monoisotopic (exact) mass is 204 g/mol. The topological polar surface area (TPSA) is 89.6 Å². The highest BCUT2D eigenvalue weighted by molar-refractivity contribution is 5.73. The van der Waals surface area contributed by atoms with Gasteiger partial charge in [-0.1, -0.05) is 0 Å². The molecule has 76 valence electrons. The van der Waals surface area contributed by atoms with Gasteiger partial charge in [0.05, 0.1) is 18.9 Å². The van der Waals surface area contributed by atoms with E-state index in [1.807, 2.05) is 0 Å². The number of aryl methyl sites for hydroxylation is 1. The molecule has 0 unspecified atom stereocenters. The molecule has 0 fully saturated rings. The third-order valence-electron chi connectivity index (χ3n) is 1.75. The minimum absolute atomic E-state index is 0.329. The Balaban J connectivity index is 2.43. The quantitative estimate of drug-likeness (QED) is 0.689. The van der Waals surface area contributed by atoms with Crippen molar-refractivity contribution in [3.63, 3.8) is 0 Å². The first-order valence-corrected chi connectivity index (χ1v) is 4.15. The highest BCUT2D eigenvalue weighted by Gasteiger charge is 2.11. The van der Waals surface area contributed by atoms with Gasteiger partial charge in [0.1, 0.15) is 6.33 Å². The van der Waals surface area contributed by atoms with Crippen molar-refractivity contribution < 1.29 is 5.11 Å². The molecule has 0 spiro atoms. The second kappa shape index (κ2) is 3.82.